The van der Waals surface area contributed by atoms with Crippen molar-refractivity contribution in [2.24, 2.45) is 5.73 Å². The van der Waals surface area contributed by atoms with Gasteiger partial charge in [0.25, 0.3) is 0 Å². The molecule has 0 aliphatic carbocycles. The van der Waals surface area contributed by atoms with Crippen LogP contribution in [0.15, 0.2) is 46.9 Å². The number of hydrogen-bond donors (Lipinski definition) is 1. The lowest BCUT2D eigenvalue weighted by molar-refractivity contribution is 0.269. The highest BCUT2D eigenvalue weighted by atomic mass is 79.9. The largest absolute Gasteiger partial charge is 0.490 e. The third-order valence-corrected chi connectivity index (χ3v) is 3.54. The predicted molar refractivity (Wildman–Crippen MR) is 92.0 cm³/mol. The second kappa shape index (κ2) is 7.43. The summed E-state index contributed by atoms with van der Waals surface area (Å²) in [6.45, 7) is 2.94. The molecular weight excluding hydrogens is 350 g/mol. The minimum Gasteiger partial charge on any atom is -0.490 e. The van der Waals surface area contributed by atoms with E-state index in [0.717, 1.165) is 15.6 Å². The Kier molecular flexibility index (Phi) is 5.59. The van der Waals surface area contributed by atoms with Gasteiger partial charge in [0.05, 0.1) is 6.61 Å². The maximum atomic E-state index is 5.84. The van der Waals surface area contributed by atoms with Crippen LogP contribution in [0, 0.1) is 0 Å². The molecule has 0 fully saturated rings. The zero-order chi connectivity index (χ0) is 15.2. The molecule has 0 aromatic heterocycles. The summed E-state index contributed by atoms with van der Waals surface area (Å²) >= 11 is 8.43. The molecule has 0 spiro atoms. The fourth-order valence-corrected chi connectivity index (χ4v) is 2.41. The first-order valence-electron chi connectivity index (χ1n) is 6.54. The van der Waals surface area contributed by atoms with Crippen molar-refractivity contribution in [1.29, 1.82) is 0 Å². The van der Waals surface area contributed by atoms with Crippen molar-refractivity contribution in [3.05, 3.63) is 58.1 Å². The van der Waals surface area contributed by atoms with E-state index in [1.165, 1.54) is 0 Å². The molecule has 5 heteroatoms. The van der Waals surface area contributed by atoms with Crippen molar-refractivity contribution >= 4 is 33.1 Å². The molecule has 0 saturated heterocycles. The zero-order valence-electron chi connectivity index (χ0n) is 11.6. The molecule has 0 amide bonds. The number of rotatable bonds is 6. The second-order valence-electron chi connectivity index (χ2n) is 4.38. The van der Waals surface area contributed by atoms with Crippen LogP contribution in [0.25, 0.3) is 0 Å². The molecular formula is C16H16BrNO2S. The standard InChI is InChI=1S/C16H16BrNO2S/c1-2-19-15-9-12(16(18)21)6-7-14(15)20-10-11-4-3-5-13(17)8-11/h3-9H,2,10H2,1H3,(H2,18,21). The van der Waals surface area contributed by atoms with Crippen molar-refractivity contribution in [3.63, 3.8) is 0 Å². The molecule has 2 aromatic rings. The summed E-state index contributed by atoms with van der Waals surface area (Å²) in [7, 11) is 0. The van der Waals surface area contributed by atoms with Gasteiger partial charge in [0.15, 0.2) is 11.5 Å². The molecule has 0 aliphatic rings. The number of hydrogen-bond acceptors (Lipinski definition) is 3. The molecule has 0 atom stereocenters. The van der Waals surface area contributed by atoms with Crippen molar-refractivity contribution in [2.45, 2.75) is 13.5 Å². The van der Waals surface area contributed by atoms with Crippen LogP contribution in [0.1, 0.15) is 18.1 Å². The quantitative estimate of drug-likeness (QED) is 0.783. The molecule has 21 heavy (non-hydrogen) atoms. The maximum Gasteiger partial charge on any atom is 0.161 e. The van der Waals surface area contributed by atoms with Crippen LogP contribution in [0.2, 0.25) is 0 Å². The van der Waals surface area contributed by atoms with Gasteiger partial charge in [-0.05, 0) is 42.8 Å². The summed E-state index contributed by atoms with van der Waals surface area (Å²) in [5.41, 5.74) is 7.48. The summed E-state index contributed by atoms with van der Waals surface area (Å²) in [6, 6.07) is 13.5. The smallest absolute Gasteiger partial charge is 0.161 e. The Morgan fingerprint density at radius 3 is 2.62 bits per heavy atom. The first-order chi connectivity index (χ1) is 10.1. The summed E-state index contributed by atoms with van der Waals surface area (Å²) < 4.78 is 12.5. The Balaban J connectivity index is 2.16. The normalized spacial score (nSPS) is 10.2. The van der Waals surface area contributed by atoms with Crippen LogP contribution in [-0.2, 0) is 6.61 Å². The van der Waals surface area contributed by atoms with E-state index >= 15 is 0 Å². The number of benzene rings is 2. The van der Waals surface area contributed by atoms with Gasteiger partial charge in [-0.2, -0.15) is 0 Å². The number of thiocarbonyl (C=S) groups is 1. The molecule has 2 rings (SSSR count). The number of halogens is 1. The number of nitrogens with two attached hydrogens (primary N) is 1. The zero-order valence-corrected chi connectivity index (χ0v) is 14.0. The predicted octanol–water partition coefficient (Wildman–Crippen LogP) is 4.06. The lowest BCUT2D eigenvalue weighted by atomic mass is 10.2. The highest BCUT2D eigenvalue weighted by molar-refractivity contribution is 9.10. The third-order valence-electron chi connectivity index (χ3n) is 2.81. The minimum atomic E-state index is 0.342. The fourth-order valence-electron chi connectivity index (χ4n) is 1.84. The topological polar surface area (TPSA) is 44.5 Å². The van der Waals surface area contributed by atoms with Gasteiger partial charge in [-0.25, -0.2) is 0 Å². The summed E-state index contributed by atoms with van der Waals surface area (Å²) in [5, 5.41) is 0. The van der Waals surface area contributed by atoms with E-state index in [1.807, 2.05) is 49.4 Å². The first-order valence-corrected chi connectivity index (χ1v) is 7.74. The molecule has 0 radical (unpaired) electrons. The highest BCUT2D eigenvalue weighted by Gasteiger charge is 2.08. The molecule has 2 N–H and O–H groups in total. The van der Waals surface area contributed by atoms with E-state index in [1.54, 1.807) is 0 Å². The van der Waals surface area contributed by atoms with Gasteiger partial charge in [0.1, 0.15) is 11.6 Å². The molecule has 110 valence electrons. The van der Waals surface area contributed by atoms with Crippen molar-refractivity contribution in [2.75, 3.05) is 6.61 Å². The van der Waals surface area contributed by atoms with E-state index in [9.17, 15) is 0 Å². The van der Waals surface area contributed by atoms with E-state index in [0.29, 0.717) is 29.7 Å². The molecule has 2 aromatic carbocycles. The van der Waals surface area contributed by atoms with Crippen LogP contribution < -0.4 is 15.2 Å². The molecule has 0 saturated carbocycles. The average molecular weight is 366 g/mol. The first kappa shape index (κ1) is 15.8. The van der Waals surface area contributed by atoms with Gasteiger partial charge in [0, 0.05) is 10.0 Å². The van der Waals surface area contributed by atoms with Gasteiger partial charge in [0.2, 0.25) is 0 Å². The van der Waals surface area contributed by atoms with E-state index in [-0.39, 0.29) is 0 Å². The third kappa shape index (κ3) is 4.44. The SMILES string of the molecule is CCOc1cc(C(N)=S)ccc1OCc1cccc(Br)c1. The Labute approximate surface area is 138 Å². The Morgan fingerprint density at radius 2 is 1.95 bits per heavy atom. The Morgan fingerprint density at radius 1 is 1.14 bits per heavy atom. The average Bonchev–Trinajstić information content (AvgIpc) is 2.46. The fraction of sp³-hybridized carbons (Fsp3) is 0.188. The molecule has 3 nitrogen and oxygen atoms in total. The second-order valence-corrected chi connectivity index (χ2v) is 5.73. The van der Waals surface area contributed by atoms with Crippen LogP contribution in [0.3, 0.4) is 0 Å². The lowest BCUT2D eigenvalue weighted by Gasteiger charge is -2.13. The monoisotopic (exact) mass is 365 g/mol. The van der Waals surface area contributed by atoms with Gasteiger partial charge in [-0.3, -0.25) is 0 Å². The molecule has 0 unspecified atom stereocenters. The van der Waals surface area contributed by atoms with Crippen LogP contribution in [0.4, 0.5) is 0 Å². The van der Waals surface area contributed by atoms with Crippen molar-refractivity contribution in [1.82, 2.24) is 0 Å². The van der Waals surface area contributed by atoms with Crippen LogP contribution in [-0.4, -0.2) is 11.6 Å². The summed E-state index contributed by atoms with van der Waals surface area (Å²) in [5.74, 6) is 1.33. The molecule has 0 aliphatic heterocycles. The Bertz CT molecular complexity index is 646. The van der Waals surface area contributed by atoms with E-state index in [4.69, 9.17) is 27.4 Å². The number of ether oxygens (including phenoxy) is 2. The van der Waals surface area contributed by atoms with Gasteiger partial charge < -0.3 is 15.2 Å². The molecule has 0 heterocycles. The van der Waals surface area contributed by atoms with Gasteiger partial charge >= 0.3 is 0 Å². The summed E-state index contributed by atoms with van der Waals surface area (Å²) in [6.07, 6.45) is 0. The maximum absolute atomic E-state index is 5.84. The van der Waals surface area contributed by atoms with Crippen molar-refractivity contribution < 1.29 is 9.47 Å². The van der Waals surface area contributed by atoms with E-state index in [2.05, 4.69) is 15.9 Å². The molecule has 0 bridgehead atoms. The Hall–Kier alpha value is -1.59. The van der Waals surface area contributed by atoms with Gasteiger partial charge in [-0.1, -0.05) is 40.3 Å². The van der Waals surface area contributed by atoms with E-state index < -0.39 is 0 Å². The highest BCUT2D eigenvalue weighted by Crippen LogP contribution is 2.29. The van der Waals surface area contributed by atoms with Gasteiger partial charge in [-0.15, -0.1) is 0 Å². The van der Waals surface area contributed by atoms with Crippen molar-refractivity contribution in [3.8, 4) is 11.5 Å². The van der Waals surface area contributed by atoms with Crippen LogP contribution in [0.5, 0.6) is 11.5 Å². The minimum absolute atomic E-state index is 0.342. The van der Waals surface area contributed by atoms with Crippen LogP contribution >= 0.6 is 28.1 Å². The lowest BCUT2D eigenvalue weighted by Crippen LogP contribution is -2.10. The summed E-state index contributed by atoms with van der Waals surface area (Å²) in [4.78, 5) is 0.342.